The zero-order valence-corrected chi connectivity index (χ0v) is 14.9. The maximum absolute atomic E-state index is 12.9. The molecular formula is C19H25NO4. The van der Waals surface area contributed by atoms with Crippen LogP contribution >= 0.6 is 0 Å². The van der Waals surface area contributed by atoms with Crippen molar-refractivity contribution in [2.75, 3.05) is 20.3 Å². The average Bonchev–Trinajstić information content (AvgIpc) is 2.75. The van der Waals surface area contributed by atoms with Crippen LogP contribution < -0.4 is 0 Å². The number of amides is 1. The quantitative estimate of drug-likeness (QED) is 0.901. The number of carbonyl (C=O) groups is 2. The first kappa shape index (κ1) is 18.2. The van der Waals surface area contributed by atoms with Gasteiger partial charge in [-0.25, -0.2) is 0 Å². The van der Waals surface area contributed by atoms with E-state index in [-0.39, 0.29) is 11.4 Å². The Bertz CT molecular complexity index is 685. The Labute approximate surface area is 142 Å². The molecule has 1 amide bonds. The molecule has 24 heavy (non-hydrogen) atoms. The van der Waals surface area contributed by atoms with E-state index in [9.17, 15) is 14.7 Å². The van der Waals surface area contributed by atoms with Crippen LogP contribution in [-0.4, -0.2) is 42.0 Å². The van der Waals surface area contributed by atoms with Crippen molar-refractivity contribution >= 4 is 11.7 Å². The van der Waals surface area contributed by atoms with Gasteiger partial charge in [0, 0.05) is 19.1 Å². The van der Waals surface area contributed by atoms with Crippen molar-refractivity contribution in [2.24, 2.45) is 5.41 Å². The van der Waals surface area contributed by atoms with Gasteiger partial charge in [0.2, 0.25) is 0 Å². The smallest absolute Gasteiger partial charge is 0.290 e. The number of ketones is 1. The number of methoxy groups -OCH3 is 1. The maximum Gasteiger partial charge on any atom is 0.290 e. The Kier molecular flexibility index (Phi) is 5.13. The molecule has 0 saturated carbocycles. The molecule has 0 radical (unpaired) electrons. The Morgan fingerprint density at radius 2 is 2.00 bits per heavy atom. The Balaban J connectivity index is 2.56. The summed E-state index contributed by atoms with van der Waals surface area (Å²) in [4.78, 5) is 26.9. The molecule has 0 aliphatic carbocycles. The Morgan fingerprint density at radius 1 is 1.33 bits per heavy atom. The molecule has 1 heterocycles. The second-order valence-electron chi connectivity index (χ2n) is 7.15. The van der Waals surface area contributed by atoms with Crippen LogP contribution in [0.4, 0.5) is 0 Å². The summed E-state index contributed by atoms with van der Waals surface area (Å²) in [6.07, 6.45) is 0. The number of aryl methyl sites for hydroxylation is 1. The van der Waals surface area contributed by atoms with Crippen LogP contribution in [-0.2, 0) is 14.3 Å². The Hall–Kier alpha value is -2.14. The fourth-order valence-electron chi connectivity index (χ4n) is 2.90. The van der Waals surface area contributed by atoms with Gasteiger partial charge in [-0.3, -0.25) is 9.59 Å². The number of aliphatic hydroxyl groups is 1. The molecule has 1 N–H and O–H groups in total. The van der Waals surface area contributed by atoms with Crippen molar-refractivity contribution in [3.63, 3.8) is 0 Å². The second kappa shape index (κ2) is 6.77. The van der Waals surface area contributed by atoms with Crippen molar-refractivity contribution < 1.29 is 19.4 Å². The van der Waals surface area contributed by atoms with Crippen molar-refractivity contribution in [3.05, 3.63) is 46.7 Å². The minimum atomic E-state index is -0.692. The van der Waals surface area contributed by atoms with E-state index < -0.39 is 23.1 Å². The van der Waals surface area contributed by atoms with Gasteiger partial charge < -0.3 is 14.7 Å². The van der Waals surface area contributed by atoms with Crippen molar-refractivity contribution in [3.8, 4) is 0 Å². The largest absolute Gasteiger partial charge is 0.503 e. The SMILES string of the molecule is COCCN1C(=O)C(O)=C(C(=O)C(C)(C)C)C1c1cccc(C)c1. The first-order valence-electron chi connectivity index (χ1n) is 8.03. The molecule has 1 unspecified atom stereocenters. The third-order valence-electron chi connectivity index (χ3n) is 4.12. The zero-order chi connectivity index (χ0) is 18.1. The molecule has 1 aliphatic rings. The molecule has 5 nitrogen and oxygen atoms in total. The highest BCUT2D eigenvalue weighted by Crippen LogP contribution is 2.40. The summed E-state index contributed by atoms with van der Waals surface area (Å²) < 4.78 is 5.08. The lowest BCUT2D eigenvalue weighted by atomic mass is 9.82. The summed E-state index contributed by atoms with van der Waals surface area (Å²) >= 11 is 0. The van der Waals surface area contributed by atoms with Gasteiger partial charge >= 0.3 is 0 Å². The fraction of sp³-hybridized carbons (Fsp3) is 0.474. The van der Waals surface area contributed by atoms with Gasteiger partial charge in [0.15, 0.2) is 11.5 Å². The molecule has 0 saturated heterocycles. The lowest BCUT2D eigenvalue weighted by Crippen LogP contribution is -2.35. The predicted octanol–water partition coefficient (Wildman–Crippen LogP) is 2.95. The summed E-state index contributed by atoms with van der Waals surface area (Å²) in [5.41, 5.74) is 1.33. The lowest BCUT2D eigenvalue weighted by Gasteiger charge is -2.28. The summed E-state index contributed by atoms with van der Waals surface area (Å²) in [6, 6.07) is 7.07. The molecule has 5 heteroatoms. The molecule has 130 valence electrons. The van der Waals surface area contributed by atoms with E-state index in [0.29, 0.717) is 13.2 Å². The van der Waals surface area contributed by atoms with Crippen LogP contribution in [0.3, 0.4) is 0 Å². The van der Waals surface area contributed by atoms with Gasteiger partial charge in [0.25, 0.3) is 5.91 Å². The molecular weight excluding hydrogens is 306 g/mol. The van der Waals surface area contributed by atoms with E-state index in [2.05, 4.69) is 0 Å². The van der Waals surface area contributed by atoms with Crippen LogP contribution in [0.2, 0.25) is 0 Å². The first-order valence-corrected chi connectivity index (χ1v) is 8.03. The third-order valence-corrected chi connectivity index (χ3v) is 4.12. The van der Waals surface area contributed by atoms with Gasteiger partial charge in [0.05, 0.1) is 18.2 Å². The van der Waals surface area contributed by atoms with Crippen molar-refractivity contribution in [1.29, 1.82) is 0 Å². The van der Waals surface area contributed by atoms with E-state index in [1.165, 1.54) is 4.90 Å². The minimum absolute atomic E-state index is 0.175. The summed E-state index contributed by atoms with van der Waals surface area (Å²) in [5, 5.41) is 10.4. The van der Waals surface area contributed by atoms with Crippen LogP contribution in [0.1, 0.15) is 37.9 Å². The second-order valence-corrected chi connectivity index (χ2v) is 7.15. The third kappa shape index (κ3) is 3.36. The highest BCUT2D eigenvalue weighted by Gasteiger charge is 2.45. The van der Waals surface area contributed by atoms with E-state index in [1.807, 2.05) is 31.2 Å². The predicted molar refractivity (Wildman–Crippen MR) is 91.6 cm³/mol. The number of ether oxygens (including phenoxy) is 1. The van der Waals surface area contributed by atoms with Gasteiger partial charge in [-0.1, -0.05) is 50.6 Å². The Morgan fingerprint density at radius 3 is 2.54 bits per heavy atom. The number of rotatable bonds is 5. The highest BCUT2D eigenvalue weighted by atomic mass is 16.5. The van der Waals surface area contributed by atoms with E-state index in [0.717, 1.165) is 11.1 Å². The molecule has 0 spiro atoms. The van der Waals surface area contributed by atoms with Crippen molar-refractivity contribution in [2.45, 2.75) is 33.7 Å². The topological polar surface area (TPSA) is 66.8 Å². The number of aliphatic hydroxyl groups excluding tert-OH is 1. The standard InChI is InChI=1S/C19H25NO4/c1-12-7-6-8-13(11-12)15-14(17(22)19(2,3)4)16(21)18(23)20(15)9-10-24-5/h6-8,11,15,21H,9-10H2,1-5H3. The van der Waals surface area contributed by atoms with Crippen LogP contribution in [0.25, 0.3) is 0 Å². The van der Waals surface area contributed by atoms with Gasteiger partial charge in [-0.15, -0.1) is 0 Å². The number of Topliss-reactive ketones (excluding diaryl/α,β-unsaturated/α-hetero) is 1. The number of carbonyl (C=O) groups excluding carboxylic acids is 2. The maximum atomic E-state index is 12.9. The van der Waals surface area contributed by atoms with Crippen molar-refractivity contribution in [1.82, 2.24) is 4.90 Å². The monoisotopic (exact) mass is 331 g/mol. The summed E-state index contributed by atoms with van der Waals surface area (Å²) in [5.74, 6) is -1.19. The molecule has 1 aromatic carbocycles. The number of hydrogen-bond donors (Lipinski definition) is 1. The molecule has 0 aromatic heterocycles. The lowest BCUT2D eigenvalue weighted by molar-refractivity contribution is -0.130. The van der Waals surface area contributed by atoms with Crippen LogP contribution in [0, 0.1) is 12.3 Å². The average molecular weight is 331 g/mol. The molecule has 1 aromatic rings. The minimum Gasteiger partial charge on any atom is -0.503 e. The highest BCUT2D eigenvalue weighted by molar-refractivity contribution is 6.10. The zero-order valence-electron chi connectivity index (χ0n) is 14.9. The van der Waals surface area contributed by atoms with Crippen LogP contribution in [0.5, 0.6) is 0 Å². The van der Waals surface area contributed by atoms with Gasteiger partial charge in [0.1, 0.15) is 0 Å². The normalized spacial score (nSPS) is 18.5. The molecule has 0 fully saturated rings. The summed E-state index contributed by atoms with van der Waals surface area (Å²) in [6.45, 7) is 7.94. The molecule has 0 bridgehead atoms. The number of hydrogen-bond acceptors (Lipinski definition) is 4. The van der Waals surface area contributed by atoms with Crippen LogP contribution in [0.15, 0.2) is 35.6 Å². The number of benzene rings is 1. The number of nitrogens with zero attached hydrogens (tertiary/aromatic N) is 1. The van der Waals surface area contributed by atoms with E-state index in [1.54, 1.807) is 27.9 Å². The first-order chi connectivity index (χ1) is 11.2. The van der Waals surface area contributed by atoms with E-state index >= 15 is 0 Å². The van der Waals surface area contributed by atoms with Gasteiger partial charge in [-0.2, -0.15) is 0 Å². The molecule has 1 aliphatic heterocycles. The molecule has 2 rings (SSSR count). The molecule has 1 atom stereocenters. The van der Waals surface area contributed by atoms with E-state index in [4.69, 9.17) is 4.74 Å². The summed E-state index contributed by atoms with van der Waals surface area (Å²) in [7, 11) is 1.55. The van der Waals surface area contributed by atoms with Gasteiger partial charge in [-0.05, 0) is 12.5 Å². The fourth-order valence-corrected chi connectivity index (χ4v) is 2.90.